The van der Waals surface area contributed by atoms with Crippen LogP contribution in [0.5, 0.6) is 0 Å². The van der Waals surface area contributed by atoms with Gasteiger partial charge in [-0.1, -0.05) is 0 Å². The van der Waals surface area contributed by atoms with Gasteiger partial charge in [-0.25, -0.2) is 9.97 Å². The summed E-state index contributed by atoms with van der Waals surface area (Å²) in [7, 11) is 0. The van der Waals surface area contributed by atoms with E-state index in [-0.39, 0.29) is 5.91 Å². The molecule has 0 radical (unpaired) electrons. The van der Waals surface area contributed by atoms with Gasteiger partial charge in [0.25, 0.3) is 5.91 Å². The SMILES string of the molecule is Cc1nc(C)c(C(=O)N2CCCn3cncc3C2)s1. The van der Waals surface area contributed by atoms with Gasteiger partial charge < -0.3 is 9.47 Å². The number of imidazole rings is 1. The maximum absolute atomic E-state index is 12.6. The Kier molecular flexibility index (Phi) is 3.10. The predicted octanol–water partition coefficient (Wildman–Crippen LogP) is 2.00. The van der Waals surface area contributed by atoms with E-state index in [4.69, 9.17) is 0 Å². The summed E-state index contributed by atoms with van der Waals surface area (Å²) in [5.74, 6) is 0.0951. The van der Waals surface area contributed by atoms with Crippen molar-refractivity contribution in [2.75, 3.05) is 6.54 Å². The highest BCUT2D eigenvalue weighted by molar-refractivity contribution is 7.13. The van der Waals surface area contributed by atoms with Crippen LogP contribution in [0.1, 0.15) is 32.5 Å². The molecular weight excluding hydrogens is 260 g/mol. The standard InChI is InChI=1S/C13H16N4OS/c1-9-12(19-10(2)15-9)13(18)16-4-3-5-17-8-14-6-11(17)7-16/h6,8H,3-5,7H2,1-2H3. The molecule has 1 aliphatic heterocycles. The van der Waals surface area contributed by atoms with Crippen molar-refractivity contribution in [2.24, 2.45) is 0 Å². The van der Waals surface area contributed by atoms with Crippen LogP contribution in [0.2, 0.25) is 0 Å². The van der Waals surface area contributed by atoms with Crippen LogP contribution in [0, 0.1) is 13.8 Å². The molecule has 0 saturated heterocycles. The summed E-state index contributed by atoms with van der Waals surface area (Å²) in [5.41, 5.74) is 1.94. The Labute approximate surface area is 115 Å². The van der Waals surface area contributed by atoms with Crippen molar-refractivity contribution < 1.29 is 4.79 Å². The number of thiazole rings is 1. The minimum Gasteiger partial charge on any atom is -0.333 e. The van der Waals surface area contributed by atoms with Gasteiger partial charge in [0, 0.05) is 19.3 Å². The van der Waals surface area contributed by atoms with E-state index in [0.717, 1.165) is 40.8 Å². The number of fused-ring (bicyclic) bond motifs is 1. The first-order chi connectivity index (χ1) is 9.15. The minimum absolute atomic E-state index is 0.0951. The van der Waals surface area contributed by atoms with Crippen LogP contribution in [0.4, 0.5) is 0 Å². The van der Waals surface area contributed by atoms with Gasteiger partial charge in [-0.15, -0.1) is 11.3 Å². The summed E-state index contributed by atoms with van der Waals surface area (Å²) in [5, 5.41) is 0.945. The lowest BCUT2D eigenvalue weighted by molar-refractivity contribution is 0.0749. The average Bonchev–Trinajstić information content (AvgIpc) is 2.89. The van der Waals surface area contributed by atoms with Crippen LogP contribution in [-0.4, -0.2) is 31.9 Å². The molecule has 0 atom stereocenters. The number of aryl methyl sites for hydroxylation is 3. The van der Waals surface area contributed by atoms with Crippen molar-refractivity contribution in [3.05, 3.63) is 33.8 Å². The highest BCUT2D eigenvalue weighted by Gasteiger charge is 2.23. The van der Waals surface area contributed by atoms with E-state index in [2.05, 4.69) is 14.5 Å². The summed E-state index contributed by atoms with van der Waals surface area (Å²) in [6.07, 6.45) is 4.65. The number of hydrogen-bond donors (Lipinski definition) is 0. The molecule has 0 aliphatic carbocycles. The Balaban J connectivity index is 1.86. The summed E-state index contributed by atoms with van der Waals surface area (Å²) in [4.78, 5) is 23.7. The molecule has 0 saturated carbocycles. The Morgan fingerprint density at radius 3 is 2.95 bits per heavy atom. The fourth-order valence-electron chi connectivity index (χ4n) is 2.43. The summed E-state index contributed by atoms with van der Waals surface area (Å²) in [6, 6.07) is 0. The van der Waals surface area contributed by atoms with Gasteiger partial charge in [0.15, 0.2) is 0 Å². The number of carbonyl (C=O) groups is 1. The van der Waals surface area contributed by atoms with Gasteiger partial charge in [0.2, 0.25) is 0 Å². The third-order valence-corrected chi connectivity index (χ3v) is 4.42. The molecule has 0 fully saturated rings. The van der Waals surface area contributed by atoms with E-state index in [1.807, 2.05) is 31.3 Å². The molecule has 0 spiro atoms. The Hall–Kier alpha value is -1.69. The quantitative estimate of drug-likeness (QED) is 0.800. The Morgan fingerprint density at radius 1 is 1.37 bits per heavy atom. The zero-order chi connectivity index (χ0) is 13.4. The van der Waals surface area contributed by atoms with Gasteiger partial charge in [-0.2, -0.15) is 0 Å². The largest absolute Gasteiger partial charge is 0.333 e. The molecule has 0 unspecified atom stereocenters. The smallest absolute Gasteiger partial charge is 0.266 e. The van der Waals surface area contributed by atoms with Gasteiger partial charge >= 0.3 is 0 Å². The van der Waals surface area contributed by atoms with Crippen LogP contribution in [-0.2, 0) is 13.1 Å². The number of amides is 1. The second-order valence-corrected chi connectivity index (χ2v) is 6.01. The molecule has 6 heteroatoms. The molecule has 100 valence electrons. The summed E-state index contributed by atoms with van der Waals surface area (Å²) >= 11 is 1.48. The fourth-order valence-corrected chi connectivity index (χ4v) is 3.32. The van der Waals surface area contributed by atoms with E-state index < -0.39 is 0 Å². The first-order valence-electron chi connectivity index (χ1n) is 6.37. The second-order valence-electron chi connectivity index (χ2n) is 4.81. The van der Waals surface area contributed by atoms with Crippen molar-refractivity contribution in [1.29, 1.82) is 0 Å². The maximum atomic E-state index is 12.6. The summed E-state index contributed by atoms with van der Waals surface area (Å²) < 4.78 is 2.12. The normalized spacial score (nSPS) is 15.2. The molecular formula is C13H16N4OS. The van der Waals surface area contributed by atoms with E-state index in [1.54, 1.807) is 0 Å². The van der Waals surface area contributed by atoms with Crippen LogP contribution >= 0.6 is 11.3 Å². The highest BCUT2D eigenvalue weighted by Crippen LogP contribution is 2.21. The monoisotopic (exact) mass is 276 g/mol. The number of aromatic nitrogens is 3. The third-order valence-electron chi connectivity index (χ3n) is 3.36. The molecule has 1 aliphatic rings. The van der Waals surface area contributed by atoms with Gasteiger partial charge in [0.1, 0.15) is 4.88 Å². The van der Waals surface area contributed by atoms with Crippen molar-refractivity contribution in [3.63, 3.8) is 0 Å². The van der Waals surface area contributed by atoms with Gasteiger partial charge in [-0.05, 0) is 20.3 Å². The van der Waals surface area contributed by atoms with Crippen LogP contribution in [0.15, 0.2) is 12.5 Å². The maximum Gasteiger partial charge on any atom is 0.266 e. The molecule has 0 aromatic carbocycles. The lowest BCUT2D eigenvalue weighted by Crippen LogP contribution is -2.30. The number of carbonyl (C=O) groups excluding carboxylic acids is 1. The average molecular weight is 276 g/mol. The molecule has 2 aromatic heterocycles. The molecule has 19 heavy (non-hydrogen) atoms. The number of nitrogens with zero attached hydrogens (tertiary/aromatic N) is 4. The lowest BCUT2D eigenvalue weighted by Gasteiger charge is -2.19. The molecule has 0 bridgehead atoms. The molecule has 1 amide bonds. The van der Waals surface area contributed by atoms with Gasteiger partial charge in [0.05, 0.1) is 29.3 Å². The molecule has 0 N–H and O–H groups in total. The zero-order valence-corrected chi connectivity index (χ0v) is 11.9. The minimum atomic E-state index is 0.0951. The first-order valence-corrected chi connectivity index (χ1v) is 7.19. The third kappa shape index (κ3) is 2.28. The van der Waals surface area contributed by atoms with Crippen molar-refractivity contribution in [1.82, 2.24) is 19.4 Å². The molecule has 3 rings (SSSR count). The fraction of sp³-hybridized carbons (Fsp3) is 0.462. The van der Waals surface area contributed by atoms with E-state index in [0.29, 0.717) is 6.54 Å². The van der Waals surface area contributed by atoms with Crippen LogP contribution in [0.25, 0.3) is 0 Å². The Bertz CT molecular complexity index is 616. The first kappa shape index (κ1) is 12.3. The van der Waals surface area contributed by atoms with Crippen molar-refractivity contribution in [3.8, 4) is 0 Å². The lowest BCUT2D eigenvalue weighted by atomic mass is 10.3. The second kappa shape index (κ2) is 4.77. The van der Waals surface area contributed by atoms with E-state index in [1.165, 1.54) is 11.3 Å². The van der Waals surface area contributed by atoms with Crippen LogP contribution < -0.4 is 0 Å². The van der Waals surface area contributed by atoms with Crippen molar-refractivity contribution in [2.45, 2.75) is 33.4 Å². The predicted molar refractivity (Wildman–Crippen MR) is 73.2 cm³/mol. The van der Waals surface area contributed by atoms with E-state index in [9.17, 15) is 4.79 Å². The topological polar surface area (TPSA) is 51.0 Å². The summed E-state index contributed by atoms with van der Waals surface area (Å²) in [6.45, 7) is 6.19. The van der Waals surface area contributed by atoms with Crippen LogP contribution in [0.3, 0.4) is 0 Å². The zero-order valence-electron chi connectivity index (χ0n) is 11.1. The number of hydrogen-bond acceptors (Lipinski definition) is 4. The van der Waals surface area contributed by atoms with Crippen molar-refractivity contribution >= 4 is 17.2 Å². The molecule has 3 heterocycles. The van der Waals surface area contributed by atoms with Gasteiger partial charge in [-0.3, -0.25) is 4.79 Å². The highest BCUT2D eigenvalue weighted by atomic mass is 32.1. The molecule has 5 nitrogen and oxygen atoms in total. The van der Waals surface area contributed by atoms with E-state index >= 15 is 0 Å². The number of rotatable bonds is 1. The Morgan fingerprint density at radius 2 is 2.21 bits per heavy atom. The molecule has 2 aromatic rings.